The van der Waals surface area contributed by atoms with Crippen molar-refractivity contribution in [2.45, 2.75) is 18.9 Å². The Hall–Kier alpha value is -3.06. The first kappa shape index (κ1) is 21.6. The Morgan fingerprint density at radius 1 is 1.13 bits per heavy atom. The van der Waals surface area contributed by atoms with E-state index in [1.807, 2.05) is 4.90 Å². The molecule has 0 saturated carbocycles. The predicted molar refractivity (Wildman–Crippen MR) is 116 cm³/mol. The summed E-state index contributed by atoms with van der Waals surface area (Å²) in [6.07, 6.45) is 2.12. The van der Waals surface area contributed by atoms with E-state index in [-0.39, 0.29) is 18.4 Å². The lowest BCUT2D eigenvalue weighted by Gasteiger charge is -2.36. The number of methoxy groups -OCH3 is 1. The Bertz CT molecular complexity index is 867. The van der Waals surface area contributed by atoms with E-state index in [9.17, 15) is 9.59 Å². The molecule has 0 radical (unpaired) electrons. The van der Waals surface area contributed by atoms with E-state index in [1.165, 1.54) is 0 Å². The molecule has 0 bridgehead atoms. The van der Waals surface area contributed by atoms with Gasteiger partial charge < -0.3 is 24.6 Å². The minimum Gasteiger partial charge on any atom is -0.497 e. The minimum absolute atomic E-state index is 0.0314. The molecule has 0 spiro atoms. The van der Waals surface area contributed by atoms with Crippen molar-refractivity contribution in [3.05, 3.63) is 54.1 Å². The lowest BCUT2D eigenvalue weighted by molar-refractivity contribution is -0.118. The van der Waals surface area contributed by atoms with E-state index < -0.39 is 0 Å². The Morgan fingerprint density at radius 3 is 2.60 bits per heavy atom. The van der Waals surface area contributed by atoms with Crippen LogP contribution in [0, 0.1) is 0 Å². The van der Waals surface area contributed by atoms with E-state index >= 15 is 0 Å². The van der Waals surface area contributed by atoms with Crippen LogP contribution in [0.15, 0.2) is 48.5 Å². The number of nitrogens with zero attached hydrogens (tertiary/aromatic N) is 2. The van der Waals surface area contributed by atoms with Crippen molar-refractivity contribution < 1.29 is 19.1 Å². The van der Waals surface area contributed by atoms with Gasteiger partial charge in [0.1, 0.15) is 11.5 Å². The van der Waals surface area contributed by atoms with Gasteiger partial charge in [0.05, 0.1) is 7.11 Å². The zero-order valence-corrected chi connectivity index (χ0v) is 17.8. The molecule has 1 aliphatic rings. The highest BCUT2D eigenvalue weighted by atomic mass is 16.5. The summed E-state index contributed by atoms with van der Waals surface area (Å²) in [7, 11) is 5.68. The Kier molecular flexibility index (Phi) is 7.30. The maximum Gasteiger partial charge on any atom is 0.262 e. The van der Waals surface area contributed by atoms with Crippen LogP contribution in [0.1, 0.15) is 23.2 Å². The lowest BCUT2D eigenvalue weighted by atomic mass is 10.0. The molecule has 1 atom stereocenters. The van der Waals surface area contributed by atoms with Gasteiger partial charge in [-0.05, 0) is 63.3 Å². The van der Waals surface area contributed by atoms with Crippen molar-refractivity contribution in [2.75, 3.05) is 46.2 Å². The van der Waals surface area contributed by atoms with E-state index in [4.69, 9.17) is 9.47 Å². The van der Waals surface area contributed by atoms with Crippen LogP contribution in [0.25, 0.3) is 0 Å². The molecule has 1 heterocycles. The first-order valence-electron chi connectivity index (χ1n) is 10.1. The molecule has 1 aliphatic heterocycles. The Morgan fingerprint density at radius 2 is 1.90 bits per heavy atom. The number of hydrogen-bond donors (Lipinski definition) is 1. The Labute approximate surface area is 177 Å². The summed E-state index contributed by atoms with van der Waals surface area (Å²) in [5.74, 6) is 0.965. The first-order chi connectivity index (χ1) is 14.5. The molecule has 0 aliphatic carbocycles. The number of carbonyl (C=O) groups is 2. The van der Waals surface area contributed by atoms with Crippen molar-refractivity contribution in [3.63, 3.8) is 0 Å². The van der Waals surface area contributed by atoms with Gasteiger partial charge in [-0.1, -0.05) is 6.07 Å². The second-order valence-corrected chi connectivity index (χ2v) is 7.60. The molecule has 2 aromatic rings. The van der Waals surface area contributed by atoms with Crippen LogP contribution < -0.4 is 14.8 Å². The monoisotopic (exact) mass is 411 g/mol. The predicted octanol–water partition coefficient (Wildman–Crippen LogP) is 2.88. The number of rotatable bonds is 7. The molecule has 3 rings (SSSR count). The maximum absolute atomic E-state index is 12.8. The highest BCUT2D eigenvalue weighted by molar-refractivity contribution is 5.94. The van der Waals surface area contributed by atoms with Gasteiger partial charge >= 0.3 is 0 Å². The van der Waals surface area contributed by atoms with Gasteiger partial charge in [-0.3, -0.25) is 9.59 Å². The first-order valence-corrected chi connectivity index (χ1v) is 10.1. The van der Waals surface area contributed by atoms with E-state index in [0.717, 1.165) is 25.9 Å². The summed E-state index contributed by atoms with van der Waals surface area (Å²) < 4.78 is 10.7. The number of ether oxygens (including phenoxy) is 2. The summed E-state index contributed by atoms with van der Waals surface area (Å²) in [5.41, 5.74) is 1.27. The smallest absolute Gasteiger partial charge is 0.262 e. The molecule has 1 saturated heterocycles. The standard InChI is InChI=1S/C23H29N3O4/c1-25(2)19-7-5-13-26(15-19)23(28)17-9-11-20(12-10-17)30-16-22(27)24-18-6-4-8-21(14-18)29-3/h4,6,8-12,14,19H,5,7,13,15-16H2,1-3H3,(H,24,27). The van der Waals surface area contributed by atoms with Crippen LogP contribution in [-0.4, -0.2) is 68.6 Å². The molecule has 30 heavy (non-hydrogen) atoms. The summed E-state index contributed by atoms with van der Waals surface area (Å²) in [6.45, 7) is 1.40. The maximum atomic E-state index is 12.8. The zero-order chi connectivity index (χ0) is 21.5. The number of likely N-dealkylation sites (tertiary alicyclic amines) is 1. The fourth-order valence-electron chi connectivity index (χ4n) is 3.48. The number of likely N-dealkylation sites (N-methyl/N-ethyl adjacent to an activating group) is 1. The summed E-state index contributed by atoms with van der Waals surface area (Å²) in [6, 6.07) is 14.5. The van der Waals surface area contributed by atoms with Crippen LogP contribution in [-0.2, 0) is 4.79 Å². The molecule has 7 nitrogen and oxygen atoms in total. The largest absolute Gasteiger partial charge is 0.497 e. The van der Waals surface area contributed by atoms with Crippen molar-refractivity contribution >= 4 is 17.5 Å². The van der Waals surface area contributed by atoms with Crippen molar-refractivity contribution in [1.29, 1.82) is 0 Å². The molecule has 1 unspecified atom stereocenters. The normalized spacial score (nSPS) is 16.3. The third-order valence-electron chi connectivity index (χ3n) is 5.24. The van der Waals surface area contributed by atoms with E-state index in [2.05, 4.69) is 24.3 Å². The van der Waals surface area contributed by atoms with Gasteiger partial charge in [-0.25, -0.2) is 0 Å². The second-order valence-electron chi connectivity index (χ2n) is 7.60. The lowest BCUT2D eigenvalue weighted by Crippen LogP contribution is -2.47. The number of hydrogen-bond acceptors (Lipinski definition) is 5. The molecule has 7 heteroatoms. The summed E-state index contributed by atoms with van der Waals surface area (Å²) in [5, 5.41) is 2.76. The van der Waals surface area contributed by atoms with Crippen LogP contribution in [0.3, 0.4) is 0 Å². The van der Waals surface area contributed by atoms with Crippen LogP contribution in [0.4, 0.5) is 5.69 Å². The zero-order valence-electron chi connectivity index (χ0n) is 17.8. The van der Waals surface area contributed by atoms with Crippen molar-refractivity contribution in [3.8, 4) is 11.5 Å². The fourth-order valence-corrected chi connectivity index (χ4v) is 3.48. The number of benzene rings is 2. The molecule has 160 valence electrons. The van der Waals surface area contributed by atoms with Crippen LogP contribution in [0.2, 0.25) is 0 Å². The molecule has 1 fully saturated rings. The second kappa shape index (κ2) is 10.1. The average molecular weight is 412 g/mol. The van der Waals surface area contributed by atoms with Crippen LogP contribution >= 0.6 is 0 Å². The van der Waals surface area contributed by atoms with Gasteiger partial charge in [-0.2, -0.15) is 0 Å². The molecular formula is C23H29N3O4. The summed E-state index contributed by atoms with van der Waals surface area (Å²) in [4.78, 5) is 29.0. The topological polar surface area (TPSA) is 71.1 Å². The number of nitrogens with one attached hydrogen (secondary N) is 1. The number of amides is 2. The van der Waals surface area contributed by atoms with Gasteiger partial charge in [0.15, 0.2) is 6.61 Å². The number of anilines is 1. The minimum atomic E-state index is -0.272. The Balaban J connectivity index is 1.51. The van der Waals surface area contributed by atoms with Crippen molar-refractivity contribution in [1.82, 2.24) is 9.80 Å². The fraction of sp³-hybridized carbons (Fsp3) is 0.391. The highest BCUT2D eigenvalue weighted by Gasteiger charge is 2.25. The average Bonchev–Trinajstić information content (AvgIpc) is 2.77. The number of carbonyl (C=O) groups excluding carboxylic acids is 2. The van der Waals surface area contributed by atoms with Gasteiger partial charge in [0.2, 0.25) is 0 Å². The van der Waals surface area contributed by atoms with Gasteiger partial charge in [-0.15, -0.1) is 0 Å². The quantitative estimate of drug-likeness (QED) is 0.759. The van der Waals surface area contributed by atoms with E-state index in [0.29, 0.717) is 28.8 Å². The van der Waals surface area contributed by atoms with E-state index in [1.54, 1.807) is 55.6 Å². The third kappa shape index (κ3) is 5.73. The van der Waals surface area contributed by atoms with Gasteiger partial charge in [0.25, 0.3) is 11.8 Å². The van der Waals surface area contributed by atoms with Crippen LogP contribution in [0.5, 0.6) is 11.5 Å². The molecule has 0 aromatic heterocycles. The molecule has 2 amide bonds. The van der Waals surface area contributed by atoms with Crippen molar-refractivity contribution in [2.24, 2.45) is 0 Å². The highest BCUT2D eigenvalue weighted by Crippen LogP contribution is 2.19. The molecule has 2 aromatic carbocycles. The third-order valence-corrected chi connectivity index (χ3v) is 5.24. The molecular weight excluding hydrogens is 382 g/mol. The molecule has 1 N–H and O–H groups in total. The SMILES string of the molecule is COc1cccc(NC(=O)COc2ccc(C(=O)N3CCCC(N(C)C)C3)cc2)c1. The summed E-state index contributed by atoms with van der Waals surface area (Å²) >= 11 is 0. The number of piperidine rings is 1. The van der Waals surface area contributed by atoms with Gasteiger partial charge in [0, 0.05) is 36.4 Å².